The predicted molar refractivity (Wildman–Crippen MR) is 98.2 cm³/mol. The van der Waals surface area contributed by atoms with Gasteiger partial charge in [-0.05, 0) is 24.6 Å². The fourth-order valence-electron chi connectivity index (χ4n) is 3.31. The van der Waals surface area contributed by atoms with Crippen LogP contribution in [0.15, 0.2) is 47.3 Å². The van der Waals surface area contributed by atoms with E-state index in [1.807, 2.05) is 37.3 Å². The number of hydrogen-bond donors (Lipinski definition) is 1. The second-order valence-electron chi connectivity index (χ2n) is 6.83. The molecule has 0 bridgehead atoms. The highest BCUT2D eigenvalue weighted by Crippen LogP contribution is 2.24. The highest BCUT2D eigenvalue weighted by atomic mass is 16.5. The van der Waals surface area contributed by atoms with Crippen molar-refractivity contribution in [3.63, 3.8) is 0 Å². The molecule has 1 fully saturated rings. The first-order valence-corrected chi connectivity index (χ1v) is 8.70. The van der Waals surface area contributed by atoms with E-state index in [4.69, 9.17) is 4.74 Å². The average Bonchev–Trinajstić information content (AvgIpc) is 2.67. The Morgan fingerprint density at radius 3 is 2.65 bits per heavy atom. The Morgan fingerprint density at radius 1 is 1.23 bits per heavy atom. The Labute approximate surface area is 152 Å². The summed E-state index contributed by atoms with van der Waals surface area (Å²) in [7, 11) is 1.65. The second kappa shape index (κ2) is 7.43. The van der Waals surface area contributed by atoms with Crippen LogP contribution in [-0.2, 0) is 18.2 Å². The van der Waals surface area contributed by atoms with Gasteiger partial charge >= 0.3 is 0 Å². The molecular formula is C20H24N2O4. The highest BCUT2D eigenvalue weighted by molar-refractivity contribution is 5.94. The van der Waals surface area contributed by atoms with Gasteiger partial charge in [0.15, 0.2) is 0 Å². The van der Waals surface area contributed by atoms with E-state index in [0.717, 1.165) is 11.3 Å². The third-order valence-electron chi connectivity index (χ3n) is 4.98. The maximum absolute atomic E-state index is 12.9. The number of benzene rings is 1. The van der Waals surface area contributed by atoms with Gasteiger partial charge in [0.25, 0.3) is 11.5 Å². The van der Waals surface area contributed by atoms with Gasteiger partial charge in [0.05, 0.1) is 19.8 Å². The topological polar surface area (TPSA) is 71.8 Å². The molecule has 1 saturated heterocycles. The molecule has 0 radical (unpaired) electrons. The summed E-state index contributed by atoms with van der Waals surface area (Å²) in [5.41, 5.74) is 0.806. The molecule has 1 atom stereocenters. The van der Waals surface area contributed by atoms with E-state index in [1.54, 1.807) is 24.1 Å². The van der Waals surface area contributed by atoms with Gasteiger partial charge in [-0.15, -0.1) is 0 Å². The molecule has 0 aliphatic carbocycles. The largest absolute Gasteiger partial charge is 0.393 e. The van der Waals surface area contributed by atoms with Crippen molar-refractivity contribution in [1.82, 2.24) is 9.47 Å². The van der Waals surface area contributed by atoms with Crippen molar-refractivity contribution in [1.29, 1.82) is 0 Å². The van der Waals surface area contributed by atoms with E-state index in [-0.39, 0.29) is 30.2 Å². The number of amides is 1. The van der Waals surface area contributed by atoms with Crippen LogP contribution in [0.25, 0.3) is 0 Å². The number of aromatic nitrogens is 1. The predicted octanol–water partition coefficient (Wildman–Crippen LogP) is 1.14. The van der Waals surface area contributed by atoms with Crippen molar-refractivity contribution in [3.8, 4) is 0 Å². The zero-order valence-corrected chi connectivity index (χ0v) is 15.1. The average molecular weight is 356 g/mol. The number of aliphatic hydroxyl groups excluding tert-OH is 1. The fraction of sp³-hybridized carbons (Fsp3) is 0.400. The van der Waals surface area contributed by atoms with Gasteiger partial charge in [-0.3, -0.25) is 9.59 Å². The monoisotopic (exact) mass is 356 g/mol. The molecule has 2 aromatic rings. The Hall–Kier alpha value is -2.44. The quantitative estimate of drug-likeness (QED) is 0.892. The fourth-order valence-corrected chi connectivity index (χ4v) is 3.31. The van der Waals surface area contributed by atoms with Crippen LogP contribution in [0.2, 0.25) is 0 Å². The molecule has 0 spiro atoms. The first-order valence-electron chi connectivity index (χ1n) is 8.70. The van der Waals surface area contributed by atoms with E-state index < -0.39 is 5.60 Å². The van der Waals surface area contributed by atoms with Crippen molar-refractivity contribution in [2.45, 2.75) is 18.9 Å². The summed E-state index contributed by atoms with van der Waals surface area (Å²) in [6, 6.07) is 13.1. The zero-order chi connectivity index (χ0) is 18.7. The lowest BCUT2D eigenvalue weighted by molar-refractivity contribution is -0.123. The van der Waals surface area contributed by atoms with Crippen LogP contribution in [-0.4, -0.2) is 52.4 Å². The lowest BCUT2D eigenvalue weighted by Gasteiger charge is -2.41. The molecule has 0 saturated carbocycles. The maximum atomic E-state index is 12.9. The van der Waals surface area contributed by atoms with Crippen LogP contribution in [0, 0.1) is 6.92 Å². The number of aryl methyl sites for hydroxylation is 1. The number of rotatable bonds is 4. The summed E-state index contributed by atoms with van der Waals surface area (Å²) in [6.07, 6.45) is 0.500. The van der Waals surface area contributed by atoms with E-state index in [2.05, 4.69) is 0 Å². The number of carbonyl (C=O) groups excluding carboxylic acids is 1. The van der Waals surface area contributed by atoms with Crippen molar-refractivity contribution in [2.75, 3.05) is 26.3 Å². The number of ether oxygens (including phenoxy) is 1. The minimum Gasteiger partial charge on any atom is -0.393 e. The number of carbonyl (C=O) groups is 1. The minimum atomic E-state index is -0.856. The molecule has 138 valence electrons. The molecule has 1 aliphatic heterocycles. The van der Waals surface area contributed by atoms with Gasteiger partial charge in [-0.1, -0.05) is 30.3 Å². The van der Waals surface area contributed by atoms with E-state index in [9.17, 15) is 14.7 Å². The molecule has 2 heterocycles. The third-order valence-corrected chi connectivity index (χ3v) is 4.98. The van der Waals surface area contributed by atoms with Gasteiger partial charge in [0.1, 0.15) is 11.2 Å². The molecule has 6 heteroatoms. The number of nitrogens with zero attached hydrogens (tertiary/aromatic N) is 2. The summed E-state index contributed by atoms with van der Waals surface area (Å²) in [5.74, 6) is -0.320. The number of pyridine rings is 1. The molecule has 1 N–H and O–H groups in total. The zero-order valence-electron chi connectivity index (χ0n) is 15.1. The molecule has 1 aliphatic rings. The Bertz CT molecular complexity index is 847. The standard InChI is InChI=1S/C20H24N2O4/c1-15-8-9-17(18(24)21(15)2)19(25)22-10-11-26-20(13-22,14-23)12-16-6-4-3-5-7-16/h3-9,23H,10-14H2,1-2H3/t20-/m0/s1. The molecule has 6 nitrogen and oxygen atoms in total. The maximum Gasteiger partial charge on any atom is 0.263 e. The first kappa shape index (κ1) is 18.4. The van der Waals surface area contributed by atoms with E-state index >= 15 is 0 Å². The second-order valence-corrected chi connectivity index (χ2v) is 6.83. The SMILES string of the molecule is Cc1ccc(C(=O)N2CCO[C@@](CO)(Cc3ccccc3)C2)c(=O)n1C. The lowest BCUT2D eigenvalue weighted by Crippen LogP contribution is -2.57. The summed E-state index contributed by atoms with van der Waals surface area (Å²) in [6.45, 7) is 2.59. The number of hydrogen-bond acceptors (Lipinski definition) is 4. The van der Waals surface area contributed by atoms with Crippen LogP contribution >= 0.6 is 0 Å². The Balaban J connectivity index is 1.84. The number of aliphatic hydroxyl groups is 1. The molecule has 26 heavy (non-hydrogen) atoms. The van der Waals surface area contributed by atoms with Crippen LogP contribution in [0.5, 0.6) is 0 Å². The summed E-state index contributed by atoms with van der Waals surface area (Å²) in [4.78, 5) is 27.0. The molecule has 0 unspecified atom stereocenters. The highest BCUT2D eigenvalue weighted by Gasteiger charge is 2.38. The van der Waals surface area contributed by atoms with Crippen LogP contribution in [0.3, 0.4) is 0 Å². The first-order chi connectivity index (χ1) is 12.5. The summed E-state index contributed by atoms with van der Waals surface area (Å²) in [5, 5.41) is 9.98. The van der Waals surface area contributed by atoms with Gasteiger partial charge in [0.2, 0.25) is 0 Å². The van der Waals surface area contributed by atoms with Crippen molar-refractivity contribution in [3.05, 3.63) is 69.6 Å². The van der Waals surface area contributed by atoms with E-state index in [1.165, 1.54) is 4.57 Å². The minimum absolute atomic E-state index is 0.145. The van der Waals surface area contributed by atoms with E-state index in [0.29, 0.717) is 19.6 Å². The Morgan fingerprint density at radius 2 is 1.96 bits per heavy atom. The molecule has 1 aromatic heterocycles. The van der Waals surface area contributed by atoms with Gasteiger partial charge in [0, 0.05) is 25.7 Å². The van der Waals surface area contributed by atoms with Crippen molar-refractivity contribution in [2.24, 2.45) is 7.05 Å². The summed E-state index contributed by atoms with van der Waals surface area (Å²) >= 11 is 0. The van der Waals surface area contributed by atoms with Crippen molar-refractivity contribution < 1.29 is 14.6 Å². The third kappa shape index (κ3) is 3.57. The van der Waals surface area contributed by atoms with Gasteiger partial charge < -0.3 is 19.3 Å². The summed E-state index contributed by atoms with van der Waals surface area (Å²) < 4.78 is 7.35. The molecule has 1 aromatic carbocycles. The molecular weight excluding hydrogens is 332 g/mol. The van der Waals surface area contributed by atoms with Crippen molar-refractivity contribution >= 4 is 5.91 Å². The normalized spacial score (nSPS) is 20.2. The van der Waals surface area contributed by atoms with Crippen LogP contribution in [0.1, 0.15) is 21.6 Å². The Kier molecular flexibility index (Phi) is 5.25. The van der Waals surface area contributed by atoms with Crippen LogP contribution in [0.4, 0.5) is 0 Å². The molecule has 1 amide bonds. The van der Waals surface area contributed by atoms with Gasteiger partial charge in [-0.25, -0.2) is 0 Å². The number of morpholine rings is 1. The lowest BCUT2D eigenvalue weighted by atomic mass is 9.93. The smallest absolute Gasteiger partial charge is 0.263 e. The van der Waals surface area contributed by atoms with Crippen LogP contribution < -0.4 is 5.56 Å². The van der Waals surface area contributed by atoms with Gasteiger partial charge in [-0.2, -0.15) is 0 Å². The molecule has 3 rings (SSSR count).